The first-order valence-electron chi connectivity index (χ1n) is 21.0. The average molecular weight is 819 g/mol. The fourth-order valence-electron chi connectivity index (χ4n) is 9.03. The number of ether oxygens (including phenoxy) is 3. The molecular weight excluding hydrogens is 761 g/mol. The molecule has 1 amide bonds. The zero-order valence-corrected chi connectivity index (χ0v) is 35.5. The molecule has 0 radical (unpaired) electrons. The van der Waals surface area contributed by atoms with Crippen LogP contribution in [0, 0.1) is 17.8 Å². The molecule has 9 nitrogen and oxygen atoms in total. The van der Waals surface area contributed by atoms with Gasteiger partial charge in [-0.1, -0.05) is 60.5 Å². The monoisotopic (exact) mass is 818 g/mol. The van der Waals surface area contributed by atoms with Crippen LogP contribution in [0.2, 0.25) is 0 Å². The number of aliphatic hydroxyl groups is 2. The third-order valence-electron chi connectivity index (χ3n) is 11.5. The highest BCUT2D eigenvalue weighted by molar-refractivity contribution is 8.00. The Kier molecular flexibility index (Phi) is 13.5. The van der Waals surface area contributed by atoms with Gasteiger partial charge in [-0.15, -0.1) is 18.3 Å². The van der Waals surface area contributed by atoms with Crippen molar-refractivity contribution in [1.29, 1.82) is 0 Å². The first kappa shape index (κ1) is 42.5. The topological polar surface area (TPSA) is 119 Å². The Hall–Kier alpha value is -4.61. The summed E-state index contributed by atoms with van der Waals surface area (Å²) in [6.45, 7) is 12.1. The van der Waals surface area contributed by atoms with Crippen molar-refractivity contribution in [3.63, 3.8) is 0 Å². The van der Waals surface area contributed by atoms with E-state index in [1.54, 1.807) is 17.8 Å². The second-order valence-electron chi connectivity index (χ2n) is 16.9. The van der Waals surface area contributed by atoms with E-state index >= 15 is 0 Å². The zero-order valence-electron chi connectivity index (χ0n) is 34.7. The molecular formula is C49H58N2O7S. The Morgan fingerprint density at radius 2 is 1.66 bits per heavy atom. The van der Waals surface area contributed by atoms with Gasteiger partial charge in [-0.25, -0.2) is 0 Å². The fourth-order valence-corrected chi connectivity index (χ4v) is 10.3. The zero-order chi connectivity index (χ0) is 41.6. The van der Waals surface area contributed by atoms with Crippen molar-refractivity contribution in [2.24, 2.45) is 22.9 Å². The maximum atomic E-state index is 11.8. The molecule has 4 aromatic carbocycles. The Morgan fingerprint density at radius 3 is 2.37 bits per heavy atom. The van der Waals surface area contributed by atoms with Crippen LogP contribution in [0.5, 0.6) is 17.2 Å². The number of nitrogens with one attached hydrogen (secondary N) is 1. The Morgan fingerprint density at radius 1 is 0.949 bits per heavy atom. The first-order valence-corrected chi connectivity index (χ1v) is 21.9. The molecule has 0 spiro atoms. The maximum absolute atomic E-state index is 11.8. The van der Waals surface area contributed by atoms with Gasteiger partial charge >= 0.3 is 0 Å². The van der Waals surface area contributed by atoms with Gasteiger partial charge in [-0.3, -0.25) is 4.79 Å². The summed E-state index contributed by atoms with van der Waals surface area (Å²) in [4.78, 5) is 19.1. The Balaban J connectivity index is 1.40. The van der Waals surface area contributed by atoms with Crippen LogP contribution in [0.25, 0.3) is 10.8 Å². The highest BCUT2D eigenvalue weighted by Crippen LogP contribution is 2.63. The van der Waals surface area contributed by atoms with Gasteiger partial charge in [0.1, 0.15) is 22.8 Å². The van der Waals surface area contributed by atoms with E-state index in [-0.39, 0.29) is 54.6 Å². The molecule has 3 aliphatic rings. The summed E-state index contributed by atoms with van der Waals surface area (Å²) < 4.78 is 21.1. The summed E-state index contributed by atoms with van der Waals surface area (Å²) in [5.41, 5.74) is 3.20. The van der Waals surface area contributed by atoms with Gasteiger partial charge in [-0.05, 0) is 129 Å². The molecule has 1 fully saturated rings. The molecule has 1 aliphatic heterocycles. The summed E-state index contributed by atoms with van der Waals surface area (Å²) in [5, 5.41) is 29.6. The number of thioether (sulfide) groups is 1. The number of hydrogen-bond acceptors (Lipinski definition) is 9. The predicted molar refractivity (Wildman–Crippen MR) is 236 cm³/mol. The lowest BCUT2D eigenvalue weighted by atomic mass is 9.56. The summed E-state index contributed by atoms with van der Waals surface area (Å²) in [6, 6.07) is 28.4. The summed E-state index contributed by atoms with van der Waals surface area (Å²) in [6.07, 6.45) is 9.65. The second kappa shape index (κ2) is 18.8. The second-order valence-corrected chi connectivity index (χ2v) is 18.2. The van der Waals surface area contributed by atoms with E-state index < -0.39 is 11.4 Å². The third kappa shape index (κ3) is 9.73. The van der Waals surface area contributed by atoms with Crippen LogP contribution in [-0.2, 0) is 14.4 Å². The van der Waals surface area contributed by atoms with Crippen molar-refractivity contribution in [1.82, 2.24) is 0 Å². The highest BCUT2D eigenvalue weighted by Gasteiger charge is 2.64. The molecule has 3 N–H and O–H groups in total. The molecule has 59 heavy (non-hydrogen) atoms. The number of amides is 1. The predicted octanol–water partition coefficient (Wildman–Crippen LogP) is 10.8. The lowest BCUT2D eigenvalue weighted by Gasteiger charge is -2.58. The van der Waals surface area contributed by atoms with Crippen LogP contribution in [0.1, 0.15) is 84.1 Å². The smallest absolute Gasteiger partial charge is 0.231 e. The van der Waals surface area contributed by atoms with Gasteiger partial charge in [-0.2, -0.15) is 0 Å². The molecule has 1 saturated carbocycles. The molecule has 0 bridgehead atoms. The van der Waals surface area contributed by atoms with Crippen LogP contribution in [0.4, 0.5) is 5.69 Å². The number of benzene rings is 4. The molecule has 6 unspecified atom stereocenters. The number of anilines is 1. The standard InChI is InChI=1S/C49H58N2O7S/c1-6-27-55-49-45(59-39-22-18-36(19-23-39)50-32(2)54)31-43(51-58-48(3,4)5)41-29-35(15-9-11-25-52)40(16-10-12-26-53)46(47(41)49)42-30-38(21-24-44(42)57-49)56-37-20-17-33-13-7-8-14-34(33)28-37/h6-8,13-14,17-24,28-30,35,40,45-47,52-53H,1,9-12,15-16,25-27,31H2,2-5H3,(H,50,54). The summed E-state index contributed by atoms with van der Waals surface area (Å²) in [5.74, 6) is 0.919. The molecule has 6 atom stereocenters. The number of aliphatic hydroxyl groups excluding tert-OH is 2. The molecule has 312 valence electrons. The molecule has 10 heteroatoms. The Bertz CT molecular complexity index is 2160. The lowest BCUT2D eigenvalue weighted by molar-refractivity contribution is -0.223. The minimum atomic E-state index is -1.13. The lowest BCUT2D eigenvalue weighted by Crippen LogP contribution is -2.64. The number of nitrogens with zero attached hydrogens (tertiary/aromatic N) is 1. The van der Waals surface area contributed by atoms with Gasteiger partial charge in [0.15, 0.2) is 0 Å². The largest absolute Gasteiger partial charge is 0.460 e. The van der Waals surface area contributed by atoms with Gasteiger partial charge in [0.05, 0.1) is 23.5 Å². The van der Waals surface area contributed by atoms with E-state index in [4.69, 9.17) is 24.2 Å². The minimum absolute atomic E-state index is 0.0769. The molecule has 1 heterocycles. The van der Waals surface area contributed by atoms with Crippen LogP contribution >= 0.6 is 11.8 Å². The van der Waals surface area contributed by atoms with E-state index in [0.717, 1.165) is 87.6 Å². The van der Waals surface area contributed by atoms with Gasteiger partial charge in [0.2, 0.25) is 11.7 Å². The average Bonchev–Trinajstić information content (AvgIpc) is 3.21. The number of hydrogen-bond donors (Lipinski definition) is 3. The normalized spacial score (nSPS) is 24.1. The molecule has 0 saturated heterocycles. The highest BCUT2D eigenvalue weighted by atomic mass is 32.2. The fraction of sp³-hybridized carbons (Fsp3) is 0.429. The van der Waals surface area contributed by atoms with E-state index in [9.17, 15) is 15.0 Å². The Labute approximate surface area is 352 Å². The van der Waals surface area contributed by atoms with Gasteiger partial charge in [0.25, 0.3) is 0 Å². The van der Waals surface area contributed by atoms with Crippen molar-refractivity contribution < 1.29 is 34.1 Å². The van der Waals surface area contributed by atoms with Crippen LogP contribution in [-0.4, -0.2) is 58.3 Å². The van der Waals surface area contributed by atoms with E-state index in [0.29, 0.717) is 12.8 Å². The van der Waals surface area contributed by atoms with Crippen molar-refractivity contribution in [2.45, 2.75) is 100 Å². The summed E-state index contributed by atoms with van der Waals surface area (Å²) >= 11 is 1.68. The van der Waals surface area contributed by atoms with Crippen molar-refractivity contribution in [3.8, 4) is 17.2 Å². The van der Waals surface area contributed by atoms with Crippen molar-refractivity contribution >= 4 is 39.8 Å². The number of allylic oxidation sites excluding steroid dienone is 1. The van der Waals surface area contributed by atoms with E-state index in [2.05, 4.69) is 48.3 Å². The van der Waals surface area contributed by atoms with Crippen LogP contribution in [0.15, 0.2) is 119 Å². The van der Waals surface area contributed by atoms with Crippen molar-refractivity contribution in [2.75, 3.05) is 25.1 Å². The number of carbonyl (C=O) groups is 1. The first-order chi connectivity index (χ1) is 28.5. The molecule has 4 aromatic rings. The molecule has 0 aromatic heterocycles. The van der Waals surface area contributed by atoms with Gasteiger partial charge in [0, 0.05) is 48.6 Å². The molecule has 2 aliphatic carbocycles. The third-order valence-corrected chi connectivity index (χ3v) is 12.8. The quantitative estimate of drug-likeness (QED) is 0.0547. The number of oxime groups is 1. The van der Waals surface area contributed by atoms with Gasteiger partial charge < -0.3 is 34.6 Å². The number of carbonyl (C=O) groups excluding carboxylic acids is 1. The SMILES string of the molecule is C=CCOC12Oc3ccc(Oc4ccc5ccccc5c4)cc3C3C(CCCCO)C(CCCCO)C=C(C(=NOC(C)(C)C)CC1Sc1ccc(NC(C)=O)cc1)C32. The maximum Gasteiger partial charge on any atom is 0.231 e. The van der Waals surface area contributed by atoms with Crippen LogP contribution < -0.4 is 14.8 Å². The van der Waals surface area contributed by atoms with Crippen molar-refractivity contribution in [3.05, 3.63) is 115 Å². The van der Waals surface area contributed by atoms with Crippen LogP contribution in [0.3, 0.4) is 0 Å². The minimum Gasteiger partial charge on any atom is -0.460 e. The van der Waals surface area contributed by atoms with E-state index in [1.165, 1.54) is 6.92 Å². The summed E-state index contributed by atoms with van der Waals surface area (Å²) in [7, 11) is 0. The number of rotatable bonds is 17. The number of unbranched alkanes of at least 4 members (excludes halogenated alkanes) is 2. The van der Waals surface area contributed by atoms with E-state index in [1.807, 2.05) is 75.4 Å². The number of fused-ring (bicyclic) bond motifs is 3. The molecule has 7 rings (SSSR count).